The minimum atomic E-state index is 0. The number of rotatable bonds is 3. The lowest BCUT2D eigenvalue weighted by molar-refractivity contribution is 0.724. The molecule has 16 heavy (non-hydrogen) atoms. The van der Waals surface area contributed by atoms with E-state index < -0.39 is 0 Å². The van der Waals surface area contributed by atoms with Crippen molar-refractivity contribution in [3.8, 4) is 0 Å². The summed E-state index contributed by atoms with van der Waals surface area (Å²) in [6.45, 7) is 1.21. The zero-order valence-corrected chi connectivity index (χ0v) is 10.2. The molecule has 0 saturated carbocycles. The van der Waals surface area contributed by atoms with Crippen LogP contribution in [0.5, 0.6) is 0 Å². The highest BCUT2D eigenvalue weighted by Crippen LogP contribution is 2.12. The van der Waals surface area contributed by atoms with Gasteiger partial charge in [0.25, 0.3) is 0 Å². The maximum absolute atomic E-state index is 5.91. The van der Waals surface area contributed by atoms with E-state index in [1.165, 1.54) is 0 Å². The number of hydrogen-bond donors (Lipinski definition) is 1. The van der Waals surface area contributed by atoms with Gasteiger partial charge in [0.05, 0.1) is 6.54 Å². The van der Waals surface area contributed by atoms with Crippen LogP contribution >= 0.6 is 24.0 Å². The molecule has 2 aromatic rings. The molecule has 86 valence electrons. The van der Waals surface area contributed by atoms with Crippen molar-refractivity contribution < 1.29 is 0 Å². The lowest BCUT2D eigenvalue weighted by atomic mass is 10.2. The van der Waals surface area contributed by atoms with Crippen LogP contribution in [0, 0.1) is 0 Å². The molecule has 0 aliphatic heterocycles. The van der Waals surface area contributed by atoms with Gasteiger partial charge in [0.1, 0.15) is 5.82 Å². The van der Waals surface area contributed by atoms with Crippen molar-refractivity contribution in [1.29, 1.82) is 0 Å². The molecule has 1 aromatic heterocycles. The van der Waals surface area contributed by atoms with E-state index in [0.29, 0.717) is 6.54 Å². The van der Waals surface area contributed by atoms with Gasteiger partial charge in [-0.05, 0) is 17.7 Å². The summed E-state index contributed by atoms with van der Waals surface area (Å²) in [5, 5.41) is 0.752. The number of benzene rings is 1. The molecule has 2 N–H and O–H groups in total. The van der Waals surface area contributed by atoms with Gasteiger partial charge in [0.15, 0.2) is 0 Å². The molecule has 2 rings (SSSR count). The summed E-state index contributed by atoms with van der Waals surface area (Å²) >= 11 is 5.91. The maximum atomic E-state index is 5.91. The van der Waals surface area contributed by atoms with E-state index in [1.807, 2.05) is 35.0 Å². The van der Waals surface area contributed by atoms with Crippen molar-refractivity contribution in [2.45, 2.75) is 13.1 Å². The van der Waals surface area contributed by atoms with Crippen LogP contribution in [0.3, 0.4) is 0 Å². The monoisotopic (exact) mass is 257 g/mol. The second kappa shape index (κ2) is 5.89. The largest absolute Gasteiger partial charge is 0.329 e. The van der Waals surface area contributed by atoms with Gasteiger partial charge in [-0.25, -0.2) is 4.98 Å². The molecule has 5 heteroatoms. The zero-order chi connectivity index (χ0) is 10.7. The lowest BCUT2D eigenvalue weighted by Gasteiger charge is -2.06. The third kappa shape index (κ3) is 2.98. The van der Waals surface area contributed by atoms with E-state index in [1.54, 1.807) is 6.20 Å². The molecule has 0 fully saturated rings. The molecule has 0 amide bonds. The van der Waals surface area contributed by atoms with E-state index in [9.17, 15) is 0 Å². The Labute approximate surface area is 106 Å². The van der Waals surface area contributed by atoms with Gasteiger partial charge < -0.3 is 10.3 Å². The highest BCUT2D eigenvalue weighted by Gasteiger charge is 2.01. The fourth-order valence-electron chi connectivity index (χ4n) is 1.51. The number of nitrogens with zero attached hydrogens (tertiary/aromatic N) is 2. The van der Waals surface area contributed by atoms with E-state index in [4.69, 9.17) is 17.3 Å². The third-order valence-electron chi connectivity index (χ3n) is 2.23. The second-order valence-corrected chi connectivity index (χ2v) is 3.74. The van der Waals surface area contributed by atoms with Crippen molar-refractivity contribution >= 4 is 24.0 Å². The average Bonchev–Trinajstić information content (AvgIpc) is 2.65. The number of imidazole rings is 1. The molecule has 0 aliphatic rings. The van der Waals surface area contributed by atoms with Crippen LogP contribution in [0.4, 0.5) is 0 Å². The van der Waals surface area contributed by atoms with Gasteiger partial charge in [0, 0.05) is 24.0 Å². The zero-order valence-electron chi connectivity index (χ0n) is 8.64. The first-order chi connectivity index (χ1) is 7.29. The predicted molar refractivity (Wildman–Crippen MR) is 67.9 cm³/mol. The molecule has 0 saturated heterocycles. The molecule has 0 bridgehead atoms. The van der Waals surface area contributed by atoms with Crippen LogP contribution in [0.1, 0.15) is 11.4 Å². The average molecular weight is 258 g/mol. The highest BCUT2D eigenvalue weighted by atomic mass is 35.5. The summed E-state index contributed by atoms with van der Waals surface area (Å²) in [6, 6.07) is 7.79. The third-order valence-corrected chi connectivity index (χ3v) is 2.46. The summed E-state index contributed by atoms with van der Waals surface area (Å²) in [5.41, 5.74) is 6.72. The SMILES string of the molecule is Cl.NCc1nccn1Cc1cccc(Cl)c1. The Bertz CT molecular complexity index is 454. The summed E-state index contributed by atoms with van der Waals surface area (Å²) in [4.78, 5) is 4.16. The summed E-state index contributed by atoms with van der Waals surface area (Å²) in [7, 11) is 0. The summed E-state index contributed by atoms with van der Waals surface area (Å²) in [5.74, 6) is 0.884. The van der Waals surface area contributed by atoms with Crippen LogP contribution in [-0.2, 0) is 13.1 Å². The first-order valence-electron chi connectivity index (χ1n) is 4.74. The fourth-order valence-corrected chi connectivity index (χ4v) is 1.72. The van der Waals surface area contributed by atoms with E-state index in [2.05, 4.69) is 4.98 Å². The van der Waals surface area contributed by atoms with Gasteiger partial charge >= 0.3 is 0 Å². The molecular weight excluding hydrogens is 245 g/mol. The molecule has 0 atom stereocenters. The van der Waals surface area contributed by atoms with Crippen molar-refractivity contribution in [1.82, 2.24) is 9.55 Å². The van der Waals surface area contributed by atoms with Gasteiger partial charge in [-0.3, -0.25) is 0 Å². The minimum Gasteiger partial charge on any atom is -0.329 e. The number of aromatic nitrogens is 2. The van der Waals surface area contributed by atoms with Gasteiger partial charge in [0.2, 0.25) is 0 Å². The Hall–Kier alpha value is -1.03. The standard InChI is InChI=1S/C11H12ClN3.ClH/c12-10-3-1-2-9(6-10)8-15-5-4-14-11(15)7-13;/h1-6H,7-8,13H2;1H. The Morgan fingerprint density at radius 1 is 1.38 bits per heavy atom. The van der Waals surface area contributed by atoms with Crippen LogP contribution in [0.2, 0.25) is 5.02 Å². The van der Waals surface area contributed by atoms with Crippen LogP contribution in [0.15, 0.2) is 36.7 Å². The fraction of sp³-hybridized carbons (Fsp3) is 0.182. The molecular formula is C11H13Cl2N3. The van der Waals surface area contributed by atoms with E-state index in [-0.39, 0.29) is 12.4 Å². The van der Waals surface area contributed by atoms with Crippen molar-refractivity contribution in [3.63, 3.8) is 0 Å². The van der Waals surface area contributed by atoms with Crippen molar-refractivity contribution in [2.75, 3.05) is 0 Å². The Balaban J connectivity index is 0.00000128. The highest BCUT2D eigenvalue weighted by molar-refractivity contribution is 6.30. The summed E-state index contributed by atoms with van der Waals surface area (Å²) in [6.07, 6.45) is 3.68. The van der Waals surface area contributed by atoms with Gasteiger partial charge in [-0.15, -0.1) is 12.4 Å². The first kappa shape index (κ1) is 13.0. The van der Waals surface area contributed by atoms with Gasteiger partial charge in [-0.1, -0.05) is 23.7 Å². The minimum absolute atomic E-state index is 0. The van der Waals surface area contributed by atoms with Crippen molar-refractivity contribution in [3.05, 3.63) is 53.1 Å². The van der Waals surface area contributed by atoms with E-state index >= 15 is 0 Å². The van der Waals surface area contributed by atoms with Gasteiger partial charge in [-0.2, -0.15) is 0 Å². The van der Waals surface area contributed by atoms with Crippen LogP contribution < -0.4 is 5.73 Å². The topological polar surface area (TPSA) is 43.8 Å². The van der Waals surface area contributed by atoms with Crippen LogP contribution in [0.25, 0.3) is 0 Å². The molecule has 0 spiro atoms. The number of halogens is 2. The van der Waals surface area contributed by atoms with E-state index in [0.717, 1.165) is 23.0 Å². The van der Waals surface area contributed by atoms with Crippen LogP contribution in [-0.4, -0.2) is 9.55 Å². The Kier molecular flexibility index (Phi) is 4.80. The maximum Gasteiger partial charge on any atom is 0.122 e. The smallest absolute Gasteiger partial charge is 0.122 e. The molecule has 3 nitrogen and oxygen atoms in total. The Morgan fingerprint density at radius 2 is 2.19 bits per heavy atom. The second-order valence-electron chi connectivity index (χ2n) is 3.31. The molecule has 0 aliphatic carbocycles. The molecule has 1 heterocycles. The quantitative estimate of drug-likeness (QED) is 0.919. The Morgan fingerprint density at radius 3 is 2.88 bits per heavy atom. The predicted octanol–water partition coefficient (Wildman–Crippen LogP) is 2.47. The lowest BCUT2D eigenvalue weighted by Crippen LogP contribution is -2.08. The number of nitrogens with two attached hydrogens (primary N) is 1. The number of hydrogen-bond acceptors (Lipinski definition) is 2. The summed E-state index contributed by atoms with van der Waals surface area (Å²) < 4.78 is 2.02. The molecule has 0 radical (unpaired) electrons. The normalized spacial score (nSPS) is 9.88. The van der Waals surface area contributed by atoms with Crippen molar-refractivity contribution in [2.24, 2.45) is 5.73 Å². The molecule has 0 unspecified atom stereocenters. The first-order valence-corrected chi connectivity index (χ1v) is 5.12. The molecule has 1 aromatic carbocycles.